The molecular formula is C38H75O10P. The van der Waals surface area contributed by atoms with Gasteiger partial charge in [-0.15, -0.1) is 0 Å². The molecule has 292 valence electrons. The van der Waals surface area contributed by atoms with E-state index in [-0.39, 0.29) is 19.4 Å². The van der Waals surface area contributed by atoms with Gasteiger partial charge in [0, 0.05) is 12.8 Å². The predicted molar refractivity (Wildman–Crippen MR) is 196 cm³/mol. The Morgan fingerprint density at radius 2 is 0.898 bits per heavy atom. The van der Waals surface area contributed by atoms with Crippen LogP contribution in [0.15, 0.2) is 0 Å². The number of rotatable bonds is 38. The van der Waals surface area contributed by atoms with Gasteiger partial charge >= 0.3 is 19.8 Å². The fraction of sp³-hybridized carbons (Fsp3) is 0.947. The van der Waals surface area contributed by atoms with E-state index < -0.39 is 51.8 Å². The summed E-state index contributed by atoms with van der Waals surface area (Å²) in [5.41, 5.74) is 0. The van der Waals surface area contributed by atoms with Crippen molar-refractivity contribution in [2.24, 2.45) is 0 Å². The topological polar surface area (TPSA) is 149 Å². The number of carbonyl (C=O) groups excluding carboxylic acids is 2. The van der Waals surface area contributed by atoms with Gasteiger partial charge in [-0.05, 0) is 12.8 Å². The van der Waals surface area contributed by atoms with Gasteiger partial charge in [0.25, 0.3) is 0 Å². The van der Waals surface area contributed by atoms with Crippen molar-refractivity contribution in [3.05, 3.63) is 0 Å². The summed E-state index contributed by atoms with van der Waals surface area (Å²) in [6, 6.07) is 0. The summed E-state index contributed by atoms with van der Waals surface area (Å²) >= 11 is 0. The molecule has 0 aliphatic rings. The van der Waals surface area contributed by atoms with Crippen molar-refractivity contribution in [2.75, 3.05) is 26.4 Å². The van der Waals surface area contributed by atoms with E-state index in [1.54, 1.807) is 0 Å². The third kappa shape index (κ3) is 35.2. The summed E-state index contributed by atoms with van der Waals surface area (Å²) in [6.45, 7) is 2.12. The Balaban J connectivity index is 3.84. The van der Waals surface area contributed by atoms with E-state index in [2.05, 4.69) is 11.4 Å². The zero-order chi connectivity index (χ0) is 36.3. The fourth-order valence-corrected chi connectivity index (χ4v) is 6.41. The van der Waals surface area contributed by atoms with Crippen LogP contribution >= 0.6 is 7.82 Å². The van der Waals surface area contributed by atoms with Crippen LogP contribution in [0.2, 0.25) is 0 Å². The summed E-state index contributed by atoms with van der Waals surface area (Å²) in [5.74, 6) is -0.955. The molecule has 0 aromatic rings. The molecule has 0 heterocycles. The zero-order valence-corrected chi connectivity index (χ0v) is 32.3. The molecule has 0 rings (SSSR count). The molecule has 3 unspecified atom stereocenters. The summed E-state index contributed by atoms with van der Waals surface area (Å²) < 4.78 is 32.1. The number of esters is 2. The molecule has 0 aromatic carbocycles. The number of phosphoric acid groups is 1. The van der Waals surface area contributed by atoms with Gasteiger partial charge in [-0.2, -0.15) is 0 Å². The summed E-state index contributed by atoms with van der Waals surface area (Å²) in [5, 5.41) is 18.1. The number of phosphoric ester groups is 1. The lowest BCUT2D eigenvalue weighted by molar-refractivity contribution is -0.161. The number of hydrogen-bond acceptors (Lipinski definition) is 9. The predicted octanol–water partition coefficient (Wildman–Crippen LogP) is 9.89. The van der Waals surface area contributed by atoms with Crippen molar-refractivity contribution in [3.63, 3.8) is 0 Å². The van der Waals surface area contributed by atoms with E-state index in [9.17, 15) is 24.2 Å². The van der Waals surface area contributed by atoms with Gasteiger partial charge in [0.2, 0.25) is 0 Å². The van der Waals surface area contributed by atoms with Crippen LogP contribution in [-0.4, -0.2) is 65.7 Å². The van der Waals surface area contributed by atoms with Gasteiger partial charge in [-0.1, -0.05) is 168 Å². The first-order valence-corrected chi connectivity index (χ1v) is 21.5. The molecule has 0 fully saturated rings. The highest BCUT2D eigenvalue weighted by Crippen LogP contribution is 2.43. The maximum Gasteiger partial charge on any atom is 0.472 e. The first-order valence-electron chi connectivity index (χ1n) is 20.0. The van der Waals surface area contributed by atoms with Crippen LogP contribution in [0.5, 0.6) is 0 Å². The van der Waals surface area contributed by atoms with E-state index in [1.165, 1.54) is 128 Å². The van der Waals surface area contributed by atoms with Crippen molar-refractivity contribution in [1.29, 1.82) is 0 Å². The first-order chi connectivity index (χ1) is 23.7. The Morgan fingerprint density at radius 3 is 1.31 bits per heavy atom. The standard InChI is InChI=1S/C38H75O10P/c1-3-5-7-8-9-10-11-12-13-14-15-16-17-18-19-20-21-22-23-24-25-26-27-28-30-38(42)48-36(33-45-37(41)29-6-4-2)34-47-49(43,44)46-32-35(40)31-39/h35-36,39-40H,3-34H2,1-2H3,(H,43,44). The van der Waals surface area contributed by atoms with Gasteiger partial charge in [-0.3, -0.25) is 18.6 Å². The summed E-state index contributed by atoms with van der Waals surface area (Å²) in [4.78, 5) is 34.1. The summed E-state index contributed by atoms with van der Waals surface area (Å²) in [7, 11) is -4.59. The second-order valence-corrected chi connectivity index (χ2v) is 15.1. The van der Waals surface area contributed by atoms with E-state index in [4.69, 9.17) is 19.1 Å². The van der Waals surface area contributed by atoms with Crippen LogP contribution in [-0.2, 0) is 32.7 Å². The molecule has 0 saturated heterocycles. The molecular weight excluding hydrogens is 647 g/mol. The normalized spacial score (nSPS) is 14.0. The Morgan fingerprint density at radius 1 is 0.531 bits per heavy atom. The SMILES string of the molecule is CCCCCCCCCCCCCCCCCCCCCCCCCCC(=O)OC(COC(=O)CCCC)COP(=O)(O)OCC(O)CO. The Hall–Kier alpha value is -1.03. The van der Waals surface area contributed by atoms with Crippen LogP contribution in [0, 0.1) is 0 Å². The molecule has 0 spiro atoms. The molecule has 0 aromatic heterocycles. The van der Waals surface area contributed by atoms with Crippen molar-refractivity contribution >= 4 is 19.8 Å². The molecule has 49 heavy (non-hydrogen) atoms. The van der Waals surface area contributed by atoms with E-state index in [0.29, 0.717) is 12.8 Å². The minimum atomic E-state index is -4.59. The lowest BCUT2D eigenvalue weighted by Gasteiger charge is -2.20. The number of carbonyl (C=O) groups is 2. The second-order valence-electron chi connectivity index (χ2n) is 13.7. The highest BCUT2D eigenvalue weighted by molar-refractivity contribution is 7.47. The van der Waals surface area contributed by atoms with Crippen molar-refractivity contribution < 1.29 is 47.8 Å². The molecule has 3 N–H and O–H groups in total. The molecule has 0 bridgehead atoms. The van der Waals surface area contributed by atoms with Gasteiger partial charge in [-0.25, -0.2) is 4.57 Å². The number of ether oxygens (including phenoxy) is 2. The third-order valence-corrected chi connectivity index (χ3v) is 9.71. The minimum absolute atomic E-state index is 0.190. The van der Waals surface area contributed by atoms with Gasteiger partial charge in [0.05, 0.1) is 19.8 Å². The van der Waals surface area contributed by atoms with Crippen molar-refractivity contribution in [1.82, 2.24) is 0 Å². The zero-order valence-electron chi connectivity index (χ0n) is 31.4. The maximum absolute atomic E-state index is 12.4. The highest BCUT2D eigenvalue weighted by Gasteiger charge is 2.27. The smallest absolute Gasteiger partial charge is 0.462 e. The van der Waals surface area contributed by atoms with Crippen molar-refractivity contribution in [2.45, 2.75) is 206 Å². The number of aliphatic hydroxyl groups is 2. The molecule has 0 saturated carbocycles. The molecule has 0 radical (unpaired) electrons. The lowest BCUT2D eigenvalue weighted by Crippen LogP contribution is -2.29. The van der Waals surface area contributed by atoms with Crippen LogP contribution in [0.3, 0.4) is 0 Å². The quantitative estimate of drug-likeness (QED) is 0.0319. The monoisotopic (exact) mass is 723 g/mol. The van der Waals surface area contributed by atoms with Crippen LogP contribution in [0.1, 0.15) is 194 Å². The van der Waals surface area contributed by atoms with Crippen molar-refractivity contribution in [3.8, 4) is 0 Å². The third-order valence-electron chi connectivity index (χ3n) is 8.76. The van der Waals surface area contributed by atoms with E-state index >= 15 is 0 Å². The molecule has 0 aliphatic heterocycles. The van der Waals surface area contributed by atoms with Crippen LogP contribution < -0.4 is 0 Å². The number of hydrogen-bond donors (Lipinski definition) is 3. The fourth-order valence-electron chi connectivity index (χ4n) is 5.62. The molecule has 0 amide bonds. The van der Waals surface area contributed by atoms with Crippen LogP contribution in [0.4, 0.5) is 0 Å². The molecule has 0 aliphatic carbocycles. The average Bonchev–Trinajstić information content (AvgIpc) is 3.09. The van der Waals surface area contributed by atoms with E-state index in [0.717, 1.165) is 25.7 Å². The Kier molecular flexibility index (Phi) is 34.6. The average molecular weight is 723 g/mol. The minimum Gasteiger partial charge on any atom is -0.462 e. The highest BCUT2D eigenvalue weighted by atomic mass is 31.2. The first kappa shape index (κ1) is 48.0. The van der Waals surface area contributed by atoms with Gasteiger partial charge in [0.15, 0.2) is 6.10 Å². The largest absolute Gasteiger partial charge is 0.472 e. The van der Waals surface area contributed by atoms with Gasteiger partial charge < -0.3 is 24.6 Å². The number of aliphatic hydroxyl groups excluding tert-OH is 2. The van der Waals surface area contributed by atoms with Crippen LogP contribution in [0.25, 0.3) is 0 Å². The molecule has 3 atom stereocenters. The lowest BCUT2D eigenvalue weighted by atomic mass is 10.0. The molecule has 11 heteroatoms. The van der Waals surface area contributed by atoms with Gasteiger partial charge in [0.1, 0.15) is 12.7 Å². The second kappa shape index (κ2) is 35.4. The Bertz CT molecular complexity index is 796. The Labute approximate surface area is 299 Å². The maximum atomic E-state index is 12.4. The summed E-state index contributed by atoms with van der Waals surface area (Å²) in [6.07, 6.45) is 30.8. The van der Waals surface area contributed by atoms with E-state index in [1.807, 2.05) is 6.92 Å². The molecule has 10 nitrogen and oxygen atoms in total. The number of unbranched alkanes of at least 4 members (excludes halogenated alkanes) is 24.